The minimum atomic E-state index is -0.201. The highest BCUT2D eigenvalue weighted by atomic mass is 16.1. The van der Waals surface area contributed by atoms with E-state index in [9.17, 15) is 4.79 Å². The van der Waals surface area contributed by atoms with Gasteiger partial charge in [0, 0.05) is 17.6 Å². The maximum atomic E-state index is 12.3. The van der Waals surface area contributed by atoms with Crippen molar-refractivity contribution in [2.75, 3.05) is 0 Å². The predicted molar refractivity (Wildman–Crippen MR) is 77.9 cm³/mol. The van der Waals surface area contributed by atoms with Crippen LogP contribution in [0.2, 0.25) is 0 Å². The van der Waals surface area contributed by atoms with E-state index in [0.29, 0.717) is 17.8 Å². The van der Waals surface area contributed by atoms with Gasteiger partial charge in [-0.05, 0) is 32.0 Å². The molecule has 0 saturated heterocycles. The maximum Gasteiger partial charge on any atom is 0.257 e. The molecule has 1 amide bonds. The Hall–Kier alpha value is -2.76. The van der Waals surface area contributed by atoms with E-state index in [-0.39, 0.29) is 5.91 Å². The molecule has 3 aromatic heterocycles. The monoisotopic (exact) mass is 281 g/mol. The zero-order chi connectivity index (χ0) is 14.8. The highest BCUT2D eigenvalue weighted by molar-refractivity contribution is 5.99. The van der Waals surface area contributed by atoms with Gasteiger partial charge in [0.05, 0.1) is 18.4 Å². The van der Waals surface area contributed by atoms with Gasteiger partial charge >= 0.3 is 0 Å². The molecule has 21 heavy (non-hydrogen) atoms. The summed E-state index contributed by atoms with van der Waals surface area (Å²) in [6, 6.07) is 7.52. The first-order valence-corrected chi connectivity index (χ1v) is 6.65. The Labute approximate surface area is 121 Å². The maximum absolute atomic E-state index is 12.3. The molecule has 0 fully saturated rings. The topological polar surface area (TPSA) is 72.2 Å². The van der Waals surface area contributed by atoms with Gasteiger partial charge in [0.1, 0.15) is 5.56 Å². The number of nitrogens with one attached hydrogen (secondary N) is 1. The standard InChI is InChI=1S/C15H15N5O/c1-10-7-11(2)20-14(19-10)13(9-18-20)15(21)17-8-12-5-3-4-6-16-12/h3-7,9H,8H2,1-2H3,(H,17,21). The Bertz CT molecular complexity index is 794. The van der Waals surface area contributed by atoms with Crippen molar-refractivity contribution >= 4 is 11.6 Å². The van der Waals surface area contributed by atoms with Crippen LogP contribution in [0.3, 0.4) is 0 Å². The van der Waals surface area contributed by atoms with E-state index in [1.54, 1.807) is 16.9 Å². The van der Waals surface area contributed by atoms with Gasteiger partial charge in [0.2, 0.25) is 0 Å². The quantitative estimate of drug-likeness (QED) is 0.792. The highest BCUT2D eigenvalue weighted by Crippen LogP contribution is 2.11. The number of rotatable bonds is 3. The molecule has 0 saturated carbocycles. The summed E-state index contributed by atoms with van der Waals surface area (Å²) in [6.07, 6.45) is 3.24. The zero-order valence-electron chi connectivity index (χ0n) is 11.9. The van der Waals surface area contributed by atoms with Crippen molar-refractivity contribution in [2.45, 2.75) is 20.4 Å². The summed E-state index contributed by atoms with van der Waals surface area (Å²) in [5, 5.41) is 7.05. The number of pyridine rings is 1. The van der Waals surface area contributed by atoms with Crippen molar-refractivity contribution in [1.82, 2.24) is 24.9 Å². The van der Waals surface area contributed by atoms with Crippen LogP contribution in [0.5, 0.6) is 0 Å². The van der Waals surface area contributed by atoms with Gasteiger partial charge in [-0.3, -0.25) is 9.78 Å². The van der Waals surface area contributed by atoms with Crippen molar-refractivity contribution < 1.29 is 4.79 Å². The molecule has 106 valence electrons. The normalized spacial score (nSPS) is 10.8. The van der Waals surface area contributed by atoms with E-state index in [1.165, 1.54) is 0 Å². The van der Waals surface area contributed by atoms with Gasteiger partial charge in [0.25, 0.3) is 5.91 Å². The number of carbonyl (C=O) groups excluding carboxylic acids is 1. The Morgan fingerprint density at radius 3 is 2.95 bits per heavy atom. The van der Waals surface area contributed by atoms with E-state index in [0.717, 1.165) is 17.1 Å². The van der Waals surface area contributed by atoms with Crippen LogP contribution in [0.15, 0.2) is 36.7 Å². The summed E-state index contributed by atoms with van der Waals surface area (Å²) in [6.45, 7) is 4.21. The highest BCUT2D eigenvalue weighted by Gasteiger charge is 2.15. The van der Waals surface area contributed by atoms with Gasteiger partial charge in [0.15, 0.2) is 5.65 Å². The molecule has 6 nitrogen and oxygen atoms in total. The summed E-state index contributed by atoms with van der Waals surface area (Å²) >= 11 is 0. The van der Waals surface area contributed by atoms with Crippen LogP contribution < -0.4 is 5.32 Å². The molecule has 0 unspecified atom stereocenters. The third-order valence-corrected chi connectivity index (χ3v) is 3.18. The van der Waals surface area contributed by atoms with Gasteiger partial charge < -0.3 is 5.32 Å². The van der Waals surface area contributed by atoms with Gasteiger partial charge in [-0.1, -0.05) is 6.07 Å². The van der Waals surface area contributed by atoms with Crippen LogP contribution in [0.25, 0.3) is 5.65 Å². The van der Waals surface area contributed by atoms with Crippen LogP contribution in [-0.2, 0) is 6.54 Å². The summed E-state index contributed by atoms with van der Waals surface area (Å²) < 4.78 is 1.67. The number of hydrogen-bond acceptors (Lipinski definition) is 4. The Kier molecular flexibility index (Phi) is 3.35. The van der Waals surface area contributed by atoms with E-state index in [1.807, 2.05) is 38.1 Å². The van der Waals surface area contributed by atoms with E-state index in [2.05, 4.69) is 20.4 Å². The average molecular weight is 281 g/mol. The first-order valence-electron chi connectivity index (χ1n) is 6.65. The number of hydrogen-bond donors (Lipinski definition) is 1. The Morgan fingerprint density at radius 2 is 2.19 bits per heavy atom. The molecule has 3 heterocycles. The molecule has 0 spiro atoms. The van der Waals surface area contributed by atoms with E-state index in [4.69, 9.17) is 0 Å². The van der Waals surface area contributed by atoms with E-state index < -0.39 is 0 Å². The molecular formula is C15H15N5O. The molecule has 0 aliphatic rings. The van der Waals surface area contributed by atoms with Crippen LogP contribution in [0.1, 0.15) is 27.4 Å². The third kappa shape index (κ3) is 2.60. The number of nitrogens with zero attached hydrogens (tertiary/aromatic N) is 4. The summed E-state index contributed by atoms with van der Waals surface area (Å²) in [7, 11) is 0. The summed E-state index contributed by atoms with van der Waals surface area (Å²) in [5.74, 6) is -0.201. The lowest BCUT2D eigenvalue weighted by molar-refractivity contribution is 0.0952. The SMILES string of the molecule is Cc1cc(C)n2ncc(C(=O)NCc3ccccn3)c2n1. The fourth-order valence-corrected chi connectivity index (χ4v) is 2.20. The van der Waals surface area contributed by atoms with Crippen molar-refractivity contribution in [3.8, 4) is 0 Å². The first-order chi connectivity index (χ1) is 10.1. The number of aryl methyl sites for hydroxylation is 2. The predicted octanol–water partition coefficient (Wildman–Crippen LogP) is 1.67. The molecule has 1 N–H and O–H groups in total. The number of aromatic nitrogens is 4. The minimum Gasteiger partial charge on any atom is -0.346 e. The lowest BCUT2D eigenvalue weighted by Gasteiger charge is -2.04. The molecule has 3 rings (SSSR count). The lowest BCUT2D eigenvalue weighted by Crippen LogP contribution is -2.23. The third-order valence-electron chi connectivity index (χ3n) is 3.18. The molecule has 0 aliphatic carbocycles. The van der Waals surface area contributed by atoms with Crippen LogP contribution in [0, 0.1) is 13.8 Å². The van der Waals surface area contributed by atoms with Crippen LogP contribution in [0.4, 0.5) is 0 Å². The minimum absolute atomic E-state index is 0.201. The Morgan fingerprint density at radius 1 is 1.33 bits per heavy atom. The second-order valence-electron chi connectivity index (χ2n) is 4.84. The van der Waals surface area contributed by atoms with E-state index >= 15 is 0 Å². The zero-order valence-corrected chi connectivity index (χ0v) is 11.9. The second kappa shape index (κ2) is 5.32. The van der Waals surface area contributed by atoms with Crippen LogP contribution in [-0.4, -0.2) is 25.5 Å². The summed E-state index contributed by atoms with van der Waals surface area (Å²) in [5.41, 5.74) is 3.66. The second-order valence-corrected chi connectivity index (χ2v) is 4.84. The Balaban J connectivity index is 1.85. The van der Waals surface area contributed by atoms with Gasteiger partial charge in [-0.2, -0.15) is 5.10 Å². The fourth-order valence-electron chi connectivity index (χ4n) is 2.20. The fraction of sp³-hybridized carbons (Fsp3) is 0.200. The molecule has 0 aromatic carbocycles. The molecule has 0 bridgehead atoms. The molecular weight excluding hydrogens is 266 g/mol. The molecule has 0 aliphatic heterocycles. The number of carbonyl (C=O) groups is 1. The largest absolute Gasteiger partial charge is 0.346 e. The smallest absolute Gasteiger partial charge is 0.257 e. The van der Waals surface area contributed by atoms with Crippen LogP contribution >= 0.6 is 0 Å². The first kappa shape index (κ1) is 13.2. The van der Waals surface area contributed by atoms with Crippen molar-refractivity contribution in [3.05, 3.63) is 59.3 Å². The molecule has 6 heteroatoms. The molecule has 0 radical (unpaired) electrons. The lowest BCUT2D eigenvalue weighted by atomic mass is 10.3. The summed E-state index contributed by atoms with van der Waals surface area (Å²) in [4.78, 5) is 20.9. The van der Waals surface area contributed by atoms with Crippen molar-refractivity contribution in [1.29, 1.82) is 0 Å². The van der Waals surface area contributed by atoms with Gasteiger partial charge in [-0.25, -0.2) is 9.50 Å². The number of amides is 1. The average Bonchev–Trinajstić information content (AvgIpc) is 2.90. The molecule has 0 atom stereocenters. The van der Waals surface area contributed by atoms with Gasteiger partial charge in [-0.15, -0.1) is 0 Å². The van der Waals surface area contributed by atoms with Crippen molar-refractivity contribution in [3.63, 3.8) is 0 Å². The number of fused-ring (bicyclic) bond motifs is 1. The molecule has 3 aromatic rings. The van der Waals surface area contributed by atoms with Crippen molar-refractivity contribution in [2.24, 2.45) is 0 Å².